The van der Waals surface area contributed by atoms with Crippen LogP contribution in [0.2, 0.25) is 5.15 Å². The summed E-state index contributed by atoms with van der Waals surface area (Å²) in [6, 6.07) is 5.65. The predicted molar refractivity (Wildman–Crippen MR) is 124 cm³/mol. The molecule has 35 heavy (non-hydrogen) atoms. The smallest absolute Gasteiger partial charge is 0.439 e. The Morgan fingerprint density at radius 3 is 2.97 bits per heavy atom. The number of aromatic amines is 1. The summed E-state index contributed by atoms with van der Waals surface area (Å²) < 4.78 is 30.6. The van der Waals surface area contributed by atoms with E-state index in [0.29, 0.717) is 60.3 Å². The van der Waals surface area contributed by atoms with Crippen LogP contribution in [0, 0.1) is 5.82 Å². The molecule has 180 valence electrons. The second kappa shape index (κ2) is 8.47. The number of nitrogens with one attached hydrogen (secondary N) is 2. The minimum Gasteiger partial charge on any atom is -0.473 e. The van der Waals surface area contributed by atoms with Gasteiger partial charge in [-0.2, -0.15) is 0 Å². The van der Waals surface area contributed by atoms with Crippen LogP contribution >= 0.6 is 11.6 Å². The average molecular weight is 500 g/mol. The monoisotopic (exact) mass is 499 g/mol. The number of hydrogen-bond donors (Lipinski definition) is 2. The molecule has 0 bridgehead atoms. The molecule has 4 aromatic rings. The van der Waals surface area contributed by atoms with Gasteiger partial charge in [-0.15, -0.1) is 0 Å². The highest BCUT2D eigenvalue weighted by Gasteiger charge is 2.33. The Hall–Kier alpha value is -3.77. The summed E-state index contributed by atoms with van der Waals surface area (Å²) in [5, 5.41) is 7.20. The first-order chi connectivity index (χ1) is 17.0. The van der Waals surface area contributed by atoms with Gasteiger partial charge in [0, 0.05) is 18.2 Å². The second-order valence-corrected chi connectivity index (χ2v) is 8.68. The number of halogens is 2. The Labute approximate surface area is 202 Å². The molecule has 1 saturated heterocycles. The highest BCUT2D eigenvalue weighted by Crippen LogP contribution is 2.36. The number of ether oxygens (including phenoxy) is 2. The Balaban J connectivity index is 1.42. The summed E-state index contributed by atoms with van der Waals surface area (Å²) in [6.45, 7) is 4.09. The van der Waals surface area contributed by atoms with Crippen LogP contribution in [-0.2, 0) is 4.74 Å². The van der Waals surface area contributed by atoms with Crippen LogP contribution in [0.4, 0.5) is 15.9 Å². The van der Waals surface area contributed by atoms with E-state index in [-0.39, 0.29) is 22.7 Å². The van der Waals surface area contributed by atoms with Gasteiger partial charge in [-0.3, -0.25) is 9.51 Å². The molecule has 1 fully saturated rings. The number of aromatic nitrogens is 5. The fourth-order valence-electron chi connectivity index (χ4n) is 4.36. The normalized spacial score (nSPS) is 18.0. The molecule has 0 spiro atoms. The van der Waals surface area contributed by atoms with E-state index < -0.39 is 17.6 Å². The lowest BCUT2D eigenvalue weighted by Gasteiger charge is -2.39. The molecule has 6 rings (SSSR count). The zero-order chi connectivity index (χ0) is 24.1. The van der Waals surface area contributed by atoms with Gasteiger partial charge in [-0.05, 0) is 25.1 Å². The molecule has 0 amide bonds. The van der Waals surface area contributed by atoms with E-state index in [1.165, 1.54) is 12.1 Å². The van der Waals surface area contributed by atoms with Crippen molar-refractivity contribution in [1.82, 2.24) is 25.1 Å². The van der Waals surface area contributed by atoms with Gasteiger partial charge >= 0.3 is 5.76 Å². The Kier molecular flexibility index (Phi) is 5.26. The van der Waals surface area contributed by atoms with Crippen molar-refractivity contribution in [3.8, 4) is 17.4 Å². The van der Waals surface area contributed by atoms with Crippen molar-refractivity contribution in [2.24, 2.45) is 0 Å². The first-order valence-corrected chi connectivity index (χ1v) is 11.3. The van der Waals surface area contributed by atoms with Crippen molar-refractivity contribution < 1.29 is 18.4 Å². The minimum atomic E-state index is -0.722. The van der Waals surface area contributed by atoms with Crippen LogP contribution in [0.1, 0.15) is 18.5 Å². The molecule has 0 unspecified atom stereocenters. The maximum atomic E-state index is 14.6. The van der Waals surface area contributed by atoms with E-state index >= 15 is 0 Å². The van der Waals surface area contributed by atoms with Crippen LogP contribution in [0.25, 0.3) is 22.6 Å². The molecule has 11 nitrogen and oxygen atoms in total. The van der Waals surface area contributed by atoms with Crippen LogP contribution < -0.4 is 20.7 Å². The van der Waals surface area contributed by atoms with E-state index in [1.807, 2.05) is 6.92 Å². The number of morpholine rings is 1. The number of hydrogen-bond acceptors (Lipinski definition) is 10. The number of benzene rings is 1. The van der Waals surface area contributed by atoms with Gasteiger partial charge in [0.15, 0.2) is 5.82 Å². The van der Waals surface area contributed by atoms with Gasteiger partial charge in [0.25, 0.3) is 5.88 Å². The van der Waals surface area contributed by atoms with Gasteiger partial charge in [0.05, 0.1) is 42.0 Å². The summed E-state index contributed by atoms with van der Waals surface area (Å²) in [4.78, 5) is 29.7. The highest BCUT2D eigenvalue weighted by atomic mass is 35.5. The standard InChI is InChI=1S/C22H19ClFN7O4/c1-10(25-14-2-3-16(23)27-18(14)19-29-22(32)35-30-19)13-6-11(24)7-15-17(13)28-20-21(26-15)34-9-12-8-33-5-4-31(12)20/h2-3,6-7,10,12,25H,4-5,8-9H2,1H3,(H,29,30,32)/t10-,12+/m1/s1. The van der Waals surface area contributed by atoms with E-state index in [9.17, 15) is 9.18 Å². The summed E-state index contributed by atoms with van der Waals surface area (Å²) in [5.74, 6) is -0.0647. The van der Waals surface area contributed by atoms with Crippen molar-refractivity contribution in [3.63, 3.8) is 0 Å². The summed E-state index contributed by atoms with van der Waals surface area (Å²) in [5.41, 5.74) is 2.30. The molecule has 5 heterocycles. The number of rotatable bonds is 4. The molecule has 1 aromatic carbocycles. The van der Waals surface area contributed by atoms with E-state index in [1.54, 1.807) is 12.1 Å². The first-order valence-electron chi connectivity index (χ1n) is 10.9. The molecule has 3 aromatic heterocycles. The third-order valence-electron chi connectivity index (χ3n) is 5.99. The number of pyridine rings is 1. The maximum Gasteiger partial charge on any atom is 0.439 e. The number of H-pyrrole nitrogens is 1. The van der Waals surface area contributed by atoms with Crippen LogP contribution in [0.15, 0.2) is 33.6 Å². The number of nitrogens with zero attached hydrogens (tertiary/aromatic N) is 5. The Bertz CT molecular complexity index is 1490. The summed E-state index contributed by atoms with van der Waals surface area (Å²) in [6.07, 6.45) is 0. The summed E-state index contributed by atoms with van der Waals surface area (Å²) in [7, 11) is 0. The second-order valence-electron chi connectivity index (χ2n) is 8.29. The van der Waals surface area contributed by atoms with Gasteiger partial charge in [-0.25, -0.2) is 24.1 Å². The first kappa shape index (κ1) is 21.7. The Morgan fingerprint density at radius 2 is 2.14 bits per heavy atom. The molecule has 2 atom stereocenters. The average Bonchev–Trinajstić information content (AvgIpc) is 3.29. The molecule has 2 aliphatic rings. The van der Waals surface area contributed by atoms with E-state index in [4.69, 9.17) is 26.1 Å². The molecule has 13 heteroatoms. The van der Waals surface area contributed by atoms with Gasteiger partial charge in [-0.1, -0.05) is 16.8 Å². The molecule has 0 aliphatic carbocycles. The van der Waals surface area contributed by atoms with Crippen LogP contribution in [-0.4, -0.2) is 57.5 Å². The van der Waals surface area contributed by atoms with Crippen molar-refractivity contribution in [2.75, 3.05) is 36.6 Å². The van der Waals surface area contributed by atoms with Gasteiger partial charge in [0.2, 0.25) is 5.82 Å². The van der Waals surface area contributed by atoms with Crippen LogP contribution in [0.3, 0.4) is 0 Å². The lowest BCUT2D eigenvalue weighted by molar-refractivity contribution is 0.0686. The Morgan fingerprint density at radius 1 is 1.26 bits per heavy atom. The van der Waals surface area contributed by atoms with Crippen LogP contribution in [0.5, 0.6) is 5.88 Å². The minimum absolute atomic E-state index is 0.0507. The number of anilines is 2. The fraction of sp³-hybridized carbons (Fsp3) is 0.318. The van der Waals surface area contributed by atoms with Gasteiger partial charge in [0.1, 0.15) is 23.3 Å². The lowest BCUT2D eigenvalue weighted by Crippen LogP contribution is -2.51. The van der Waals surface area contributed by atoms with Gasteiger partial charge < -0.3 is 19.7 Å². The highest BCUT2D eigenvalue weighted by molar-refractivity contribution is 6.29. The summed E-state index contributed by atoms with van der Waals surface area (Å²) >= 11 is 6.07. The molecule has 0 radical (unpaired) electrons. The maximum absolute atomic E-state index is 14.6. The fourth-order valence-corrected chi connectivity index (χ4v) is 4.51. The van der Waals surface area contributed by atoms with E-state index in [0.717, 1.165) is 0 Å². The van der Waals surface area contributed by atoms with Crippen molar-refractivity contribution in [1.29, 1.82) is 0 Å². The third-order valence-corrected chi connectivity index (χ3v) is 6.20. The molecule has 0 saturated carbocycles. The predicted octanol–water partition coefficient (Wildman–Crippen LogP) is 2.93. The largest absolute Gasteiger partial charge is 0.473 e. The SMILES string of the molecule is C[C@@H](Nc1ccc(Cl)nc1-c1noc(=O)[nH]1)c1cc(F)cc2nc3c(nc12)N1CCOC[C@H]1CO3. The molecular weight excluding hydrogens is 481 g/mol. The lowest BCUT2D eigenvalue weighted by atomic mass is 10.0. The quantitative estimate of drug-likeness (QED) is 0.404. The van der Waals surface area contributed by atoms with E-state index in [2.05, 4.69) is 34.8 Å². The third kappa shape index (κ3) is 3.94. The van der Waals surface area contributed by atoms with Crippen molar-refractivity contribution >= 4 is 34.1 Å². The zero-order valence-electron chi connectivity index (χ0n) is 18.4. The molecule has 2 N–H and O–H groups in total. The number of fused-ring (bicyclic) bond motifs is 4. The zero-order valence-corrected chi connectivity index (χ0v) is 19.2. The van der Waals surface area contributed by atoms with Crippen molar-refractivity contribution in [2.45, 2.75) is 19.0 Å². The van der Waals surface area contributed by atoms with Crippen molar-refractivity contribution in [3.05, 3.63) is 51.3 Å². The molecule has 2 aliphatic heterocycles. The molecular formula is C22H19ClFN7O4. The topological polar surface area (TPSA) is 131 Å².